The SMILES string of the molecule is O=c1c(-c2ccc(Cl)cc2)n[nH]n1-c1cc(Cl)ccc1[N+](=O)[O-]. The highest BCUT2D eigenvalue weighted by Crippen LogP contribution is 2.25. The number of hydrogen-bond donors (Lipinski definition) is 1. The van der Waals surface area contributed by atoms with Gasteiger partial charge >= 0.3 is 0 Å². The molecular weight excluding hydrogens is 343 g/mol. The molecule has 3 aromatic rings. The van der Waals surface area contributed by atoms with Crippen LogP contribution in [-0.4, -0.2) is 19.9 Å². The van der Waals surface area contributed by atoms with Crippen molar-refractivity contribution in [3.8, 4) is 16.9 Å². The van der Waals surface area contributed by atoms with Crippen molar-refractivity contribution in [2.24, 2.45) is 0 Å². The molecule has 7 nitrogen and oxygen atoms in total. The number of nitrogens with one attached hydrogen (secondary N) is 1. The van der Waals surface area contributed by atoms with Crippen molar-refractivity contribution in [1.29, 1.82) is 0 Å². The third-order valence-electron chi connectivity index (χ3n) is 3.16. The Bertz CT molecular complexity index is 947. The van der Waals surface area contributed by atoms with Gasteiger partial charge in [-0.3, -0.25) is 14.9 Å². The lowest BCUT2D eigenvalue weighted by atomic mass is 10.2. The summed E-state index contributed by atoms with van der Waals surface area (Å²) in [6, 6.07) is 10.4. The summed E-state index contributed by atoms with van der Waals surface area (Å²) in [7, 11) is 0. The van der Waals surface area contributed by atoms with Crippen LogP contribution in [-0.2, 0) is 0 Å². The highest BCUT2D eigenvalue weighted by molar-refractivity contribution is 6.31. The molecule has 0 unspecified atom stereocenters. The molecule has 0 radical (unpaired) electrons. The third kappa shape index (κ3) is 2.84. The Kier molecular flexibility index (Phi) is 3.89. The van der Waals surface area contributed by atoms with E-state index in [1.165, 1.54) is 18.2 Å². The van der Waals surface area contributed by atoms with Crippen LogP contribution in [0.2, 0.25) is 10.0 Å². The second-order valence-corrected chi connectivity index (χ2v) is 5.47. The van der Waals surface area contributed by atoms with Gasteiger partial charge in [0.15, 0.2) is 5.69 Å². The first-order valence-electron chi connectivity index (χ1n) is 6.35. The van der Waals surface area contributed by atoms with Crippen LogP contribution >= 0.6 is 23.2 Å². The fourth-order valence-electron chi connectivity index (χ4n) is 2.09. The topological polar surface area (TPSA) is 93.8 Å². The van der Waals surface area contributed by atoms with Crippen LogP contribution in [0.1, 0.15) is 0 Å². The number of H-pyrrole nitrogens is 1. The summed E-state index contributed by atoms with van der Waals surface area (Å²) in [5, 5.41) is 18.3. The van der Waals surface area contributed by atoms with Crippen LogP contribution in [0, 0.1) is 10.1 Å². The van der Waals surface area contributed by atoms with Crippen LogP contribution in [0.15, 0.2) is 47.3 Å². The van der Waals surface area contributed by atoms with Crippen molar-refractivity contribution in [3.63, 3.8) is 0 Å². The maximum atomic E-state index is 12.5. The summed E-state index contributed by atoms with van der Waals surface area (Å²) >= 11 is 11.7. The molecule has 0 spiro atoms. The monoisotopic (exact) mass is 350 g/mol. The van der Waals surface area contributed by atoms with Gasteiger partial charge in [-0.15, -0.1) is 0 Å². The molecule has 0 fully saturated rings. The zero-order valence-corrected chi connectivity index (χ0v) is 12.9. The quantitative estimate of drug-likeness (QED) is 0.578. The van der Waals surface area contributed by atoms with E-state index in [1.54, 1.807) is 24.3 Å². The van der Waals surface area contributed by atoms with E-state index in [2.05, 4.69) is 10.3 Å². The van der Waals surface area contributed by atoms with Gasteiger partial charge in [-0.1, -0.05) is 35.3 Å². The highest BCUT2D eigenvalue weighted by Gasteiger charge is 2.20. The number of hydrogen-bond acceptors (Lipinski definition) is 4. The van der Waals surface area contributed by atoms with Gasteiger partial charge in [-0.05, 0) is 24.3 Å². The standard InChI is InChI=1S/C14H8Cl2N4O3/c15-9-3-1-8(2-4-9)13-14(21)19(18-17-13)12-7-10(16)5-6-11(12)20(22)23/h1-7,18H. The molecule has 116 valence electrons. The molecular formula is C14H8Cl2N4O3. The van der Waals surface area contributed by atoms with Gasteiger partial charge in [-0.25, -0.2) is 5.21 Å². The Morgan fingerprint density at radius 1 is 1.09 bits per heavy atom. The van der Waals surface area contributed by atoms with Gasteiger partial charge in [0.25, 0.3) is 11.2 Å². The van der Waals surface area contributed by atoms with Crippen molar-refractivity contribution in [2.45, 2.75) is 0 Å². The molecule has 9 heteroatoms. The van der Waals surface area contributed by atoms with E-state index in [9.17, 15) is 14.9 Å². The van der Waals surface area contributed by atoms with Crippen molar-refractivity contribution in [1.82, 2.24) is 15.0 Å². The van der Waals surface area contributed by atoms with Gasteiger partial charge in [-0.2, -0.15) is 9.78 Å². The molecule has 0 saturated heterocycles. The molecule has 0 aliphatic heterocycles. The molecule has 0 atom stereocenters. The predicted molar refractivity (Wildman–Crippen MR) is 86.3 cm³/mol. The van der Waals surface area contributed by atoms with Gasteiger partial charge in [0.1, 0.15) is 5.69 Å². The lowest BCUT2D eigenvalue weighted by Gasteiger charge is -2.02. The number of rotatable bonds is 3. The molecule has 3 rings (SSSR count). The summed E-state index contributed by atoms with van der Waals surface area (Å²) in [5.41, 5.74) is -0.115. The molecule has 0 bridgehead atoms. The van der Waals surface area contributed by atoms with E-state index >= 15 is 0 Å². The predicted octanol–water partition coefficient (Wildman–Crippen LogP) is 3.44. The Morgan fingerprint density at radius 2 is 1.74 bits per heavy atom. The summed E-state index contributed by atoms with van der Waals surface area (Å²) in [6.07, 6.45) is 0. The van der Waals surface area contributed by atoms with Crippen LogP contribution in [0.4, 0.5) is 5.69 Å². The summed E-state index contributed by atoms with van der Waals surface area (Å²) in [4.78, 5) is 23.0. The molecule has 1 aromatic heterocycles. The van der Waals surface area contributed by atoms with Crippen LogP contribution in [0.25, 0.3) is 16.9 Å². The minimum absolute atomic E-state index is 0.0141. The fourth-order valence-corrected chi connectivity index (χ4v) is 2.38. The summed E-state index contributed by atoms with van der Waals surface area (Å²) in [6.45, 7) is 0. The number of benzene rings is 2. The first-order chi connectivity index (χ1) is 11.0. The molecule has 2 aromatic carbocycles. The molecule has 1 heterocycles. The van der Waals surface area contributed by atoms with E-state index in [4.69, 9.17) is 23.2 Å². The smallest absolute Gasteiger partial charge is 0.265 e. The Balaban J connectivity index is 2.17. The fraction of sp³-hybridized carbons (Fsp3) is 0. The van der Waals surface area contributed by atoms with Gasteiger partial charge in [0, 0.05) is 21.7 Å². The lowest BCUT2D eigenvalue weighted by Crippen LogP contribution is -2.17. The van der Waals surface area contributed by atoms with Gasteiger partial charge in [0.05, 0.1) is 4.92 Å². The van der Waals surface area contributed by atoms with Crippen molar-refractivity contribution in [2.75, 3.05) is 0 Å². The van der Waals surface area contributed by atoms with E-state index in [-0.39, 0.29) is 22.1 Å². The number of nitro groups is 1. The van der Waals surface area contributed by atoms with Crippen LogP contribution in [0.3, 0.4) is 0 Å². The molecule has 0 aliphatic carbocycles. The number of halogens is 2. The Morgan fingerprint density at radius 3 is 2.39 bits per heavy atom. The number of aromatic amines is 1. The normalized spacial score (nSPS) is 10.7. The van der Waals surface area contributed by atoms with Gasteiger partial charge in [0.2, 0.25) is 0 Å². The minimum Gasteiger partial charge on any atom is -0.265 e. The second kappa shape index (κ2) is 5.86. The molecule has 0 saturated carbocycles. The summed E-state index contributed by atoms with van der Waals surface area (Å²) < 4.78 is 0.980. The molecule has 1 N–H and O–H groups in total. The number of aromatic nitrogens is 3. The minimum atomic E-state index is -0.596. The molecule has 23 heavy (non-hydrogen) atoms. The maximum absolute atomic E-state index is 12.5. The third-order valence-corrected chi connectivity index (χ3v) is 3.65. The zero-order valence-electron chi connectivity index (χ0n) is 11.4. The number of nitrogens with zero attached hydrogens (tertiary/aromatic N) is 3. The second-order valence-electron chi connectivity index (χ2n) is 4.60. The van der Waals surface area contributed by atoms with Crippen LogP contribution in [0.5, 0.6) is 0 Å². The Labute approximate surface area is 139 Å². The van der Waals surface area contributed by atoms with E-state index < -0.39 is 10.5 Å². The highest BCUT2D eigenvalue weighted by atomic mass is 35.5. The maximum Gasteiger partial charge on any atom is 0.299 e. The number of nitro benzene ring substituents is 1. The van der Waals surface area contributed by atoms with Gasteiger partial charge < -0.3 is 0 Å². The average Bonchev–Trinajstić information content (AvgIpc) is 2.89. The zero-order chi connectivity index (χ0) is 16.6. The average molecular weight is 351 g/mol. The van der Waals surface area contributed by atoms with Crippen molar-refractivity contribution < 1.29 is 4.92 Å². The van der Waals surface area contributed by atoms with Crippen molar-refractivity contribution in [3.05, 3.63) is 73.0 Å². The largest absolute Gasteiger partial charge is 0.299 e. The first kappa shape index (κ1) is 15.3. The van der Waals surface area contributed by atoms with Crippen LogP contribution < -0.4 is 5.56 Å². The van der Waals surface area contributed by atoms with E-state index in [1.807, 2.05) is 0 Å². The first-order valence-corrected chi connectivity index (χ1v) is 7.10. The van der Waals surface area contributed by atoms with E-state index in [0.29, 0.717) is 10.6 Å². The Hall–Kier alpha value is -2.64. The molecule has 0 amide bonds. The molecule has 0 aliphatic rings. The van der Waals surface area contributed by atoms with E-state index in [0.717, 1.165) is 4.68 Å². The van der Waals surface area contributed by atoms with Crippen molar-refractivity contribution >= 4 is 28.9 Å². The summed E-state index contributed by atoms with van der Waals surface area (Å²) in [5.74, 6) is 0. The lowest BCUT2D eigenvalue weighted by molar-refractivity contribution is -0.384.